The van der Waals surface area contributed by atoms with E-state index in [4.69, 9.17) is 11.3 Å². The fraction of sp³-hybridized carbons (Fsp3) is 0. The third-order valence-electron chi connectivity index (χ3n) is 10.3. The molecular formula is C48H28O. The summed E-state index contributed by atoms with van der Waals surface area (Å²) in [6, 6.07) is 47.2. The minimum absolute atomic E-state index is 0.203. The smallest absolute Gasteiger partial charge is 0.143 e. The van der Waals surface area contributed by atoms with Crippen molar-refractivity contribution in [2.45, 2.75) is 0 Å². The van der Waals surface area contributed by atoms with E-state index < -0.39 is 6.04 Å². The summed E-state index contributed by atoms with van der Waals surface area (Å²) < 4.78 is 49.2. The molecule has 0 spiro atoms. The number of benzene rings is 10. The van der Waals surface area contributed by atoms with Crippen LogP contribution in [-0.2, 0) is 0 Å². The number of hydrogen-bond donors (Lipinski definition) is 0. The third kappa shape index (κ3) is 3.76. The highest BCUT2D eigenvalue weighted by Crippen LogP contribution is 2.47. The van der Waals surface area contributed by atoms with Gasteiger partial charge in [0.25, 0.3) is 0 Å². The highest BCUT2D eigenvalue weighted by molar-refractivity contribution is 6.29. The van der Waals surface area contributed by atoms with Crippen molar-refractivity contribution in [3.8, 4) is 33.4 Å². The zero-order valence-electron chi connectivity index (χ0n) is 31.2. The average Bonchev–Trinajstić information content (AvgIpc) is 3.61. The van der Waals surface area contributed by atoms with Crippen molar-refractivity contribution in [2.24, 2.45) is 0 Å². The summed E-state index contributed by atoms with van der Waals surface area (Å²) >= 11 is 0. The molecule has 0 amide bonds. The minimum atomic E-state index is -0.394. The van der Waals surface area contributed by atoms with Crippen LogP contribution in [0.3, 0.4) is 0 Å². The average molecular weight is 626 g/mol. The van der Waals surface area contributed by atoms with Gasteiger partial charge in [-0.2, -0.15) is 0 Å². The fourth-order valence-corrected chi connectivity index (χ4v) is 8.20. The van der Waals surface area contributed by atoms with Gasteiger partial charge in [0.2, 0.25) is 0 Å². The normalized spacial score (nSPS) is 13.5. The Morgan fingerprint density at radius 1 is 0.367 bits per heavy atom. The van der Waals surface area contributed by atoms with Crippen LogP contribution in [0.15, 0.2) is 174 Å². The molecule has 0 bridgehead atoms. The number of para-hydroxylation sites is 1. The van der Waals surface area contributed by atoms with Gasteiger partial charge in [-0.25, -0.2) is 0 Å². The van der Waals surface area contributed by atoms with Gasteiger partial charge in [0, 0.05) is 16.3 Å². The van der Waals surface area contributed by atoms with Crippen molar-refractivity contribution in [2.75, 3.05) is 0 Å². The van der Waals surface area contributed by atoms with Crippen molar-refractivity contribution in [1.29, 1.82) is 0 Å². The summed E-state index contributed by atoms with van der Waals surface area (Å²) in [7, 11) is 0. The Kier molecular flexibility index (Phi) is 4.54. The van der Waals surface area contributed by atoms with E-state index >= 15 is 0 Å². The molecule has 0 atom stereocenters. The van der Waals surface area contributed by atoms with Crippen molar-refractivity contribution >= 4 is 75.8 Å². The SMILES string of the molecule is [2H]c1c([2H])c([2H])c(-c2ccc3ccc4c(-c5cccc6oc7c(-c8cc9ccccc9c9ccccc89)cccc7c56)ccc5ccc2c3c54)c([2H])c1[2H]. The van der Waals surface area contributed by atoms with Crippen LogP contribution in [0.1, 0.15) is 6.85 Å². The second kappa shape index (κ2) is 10.0. The standard InChI is InChI=1S/C48H28O/c1-2-10-29(11-3-1)34-24-20-30-23-27-40-37(25-21-31-22-26-39(34)45(30)46(31)40)38-16-9-19-44-47(38)42-18-8-17-41(48(42)49-44)43-28-32-12-4-5-13-33(32)35-14-6-7-15-36(35)43/h1-28H/i1D,2D,3D,10D,11D. The molecule has 0 saturated carbocycles. The maximum atomic E-state index is 8.74. The predicted octanol–water partition coefficient (Wildman–Crippen LogP) is 13.8. The molecular weight excluding hydrogens is 593 g/mol. The van der Waals surface area contributed by atoms with Gasteiger partial charge in [-0.05, 0) is 93.8 Å². The Labute approximate surface area is 289 Å². The van der Waals surface area contributed by atoms with E-state index in [0.717, 1.165) is 76.5 Å². The fourth-order valence-electron chi connectivity index (χ4n) is 8.20. The first-order chi connectivity index (χ1) is 26.4. The topological polar surface area (TPSA) is 13.1 Å². The molecule has 11 rings (SSSR count). The number of hydrogen-bond acceptors (Lipinski definition) is 1. The molecule has 226 valence electrons. The van der Waals surface area contributed by atoms with Crippen molar-refractivity contribution in [1.82, 2.24) is 0 Å². The quantitative estimate of drug-likeness (QED) is 0.178. The Balaban J connectivity index is 1.17. The monoisotopic (exact) mass is 625 g/mol. The van der Waals surface area contributed by atoms with Crippen LogP contribution >= 0.6 is 0 Å². The van der Waals surface area contributed by atoms with Crippen LogP contribution < -0.4 is 0 Å². The molecule has 11 aromatic rings. The van der Waals surface area contributed by atoms with Gasteiger partial charge < -0.3 is 4.42 Å². The minimum Gasteiger partial charge on any atom is -0.455 e. The number of fused-ring (bicyclic) bond motifs is 6. The largest absolute Gasteiger partial charge is 0.455 e. The molecule has 0 unspecified atom stereocenters. The Morgan fingerprint density at radius 3 is 1.82 bits per heavy atom. The lowest BCUT2D eigenvalue weighted by atomic mass is 9.86. The first-order valence-corrected chi connectivity index (χ1v) is 16.5. The van der Waals surface area contributed by atoms with Crippen LogP contribution in [0, 0.1) is 0 Å². The molecule has 0 fully saturated rings. The van der Waals surface area contributed by atoms with E-state index in [1.807, 2.05) is 24.3 Å². The van der Waals surface area contributed by atoms with E-state index in [9.17, 15) is 0 Å². The highest BCUT2D eigenvalue weighted by atomic mass is 16.3. The van der Waals surface area contributed by atoms with Gasteiger partial charge in [0.05, 0.1) is 6.85 Å². The summed E-state index contributed by atoms with van der Waals surface area (Å²) in [4.78, 5) is 0. The Bertz CT molecular complexity index is 3370. The van der Waals surface area contributed by atoms with E-state index in [1.54, 1.807) is 0 Å². The summed E-state index contributed by atoms with van der Waals surface area (Å²) in [5.41, 5.74) is 6.81. The highest BCUT2D eigenvalue weighted by Gasteiger charge is 2.20. The molecule has 0 aliphatic rings. The summed E-state index contributed by atoms with van der Waals surface area (Å²) in [6.07, 6.45) is 0. The summed E-state index contributed by atoms with van der Waals surface area (Å²) in [5.74, 6) is 0. The van der Waals surface area contributed by atoms with Gasteiger partial charge in [-0.3, -0.25) is 0 Å². The molecule has 1 nitrogen and oxygen atoms in total. The Morgan fingerprint density at radius 2 is 1.00 bits per heavy atom. The van der Waals surface area contributed by atoms with E-state index in [-0.39, 0.29) is 29.7 Å². The van der Waals surface area contributed by atoms with Crippen LogP contribution in [0.4, 0.5) is 0 Å². The van der Waals surface area contributed by atoms with Crippen molar-refractivity contribution < 1.29 is 11.3 Å². The van der Waals surface area contributed by atoms with Gasteiger partial charge in [-0.1, -0.05) is 158 Å². The number of furan rings is 1. The Hall–Kier alpha value is -6.44. The first-order valence-electron chi connectivity index (χ1n) is 19.0. The van der Waals surface area contributed by atoms with Crippen LogP contribution in [0.25, 0.3) is 109 Å². The van der Waals surface area contributed by atoms with E-state index in [1.165, 1.54) is 21.5 Å². The van der Waals surface area contributed by atoms with Gasteiger partial charge >= 0.3 is 0 Å². The molecule has 49 heavy (non-hydrogen) atoms. The zero-order valence-corrected chi connectivity index (χ0v) is 26.2. The summed E-state index contributed by atoms with van der Waals surface area (Å²) in [6.45, 7) is 0. The molecule has 0 radical (unpaired) electrons. The van der Waals surface area contributed by atoms with Gasteiger partial charge in [-0.15, -0.1) is 0 Å². The lowest BCUT2D eigenvalue weighted by molar-refractivity contribution is 0.670. The van der Waals surface area contributed by atoms with Gasteiger partial charge in [0.15, 0.2) is 0 Å². The lowest BCUT2D eigenvalue weighted by Crippen LogP contribution is -1.89. The van der Waals surface area contributed by atoms with E-state index in [2.05, 4.69) is 115 Å². The third-order valence-corrected chi connectivity index (χ3v) is 10.3. The zero-order chi connectivity index (χ0) is 36.4. The van der Waals surface area contributed by atoms with Crippen molar-refractivity contribution in [3.63, 3.8) is 0 Å². The summed E-state index contributed by atoms with van der Waals surface area (Å²) in [5, 5.41) is 13.0. The van der Waals surface area contributed by atoms with E-state index in [0.29, 0.717) is 5.56 Å². The predicted molar refractivity (Wildman–Crippen MR) is 209 cm³/mol. The van der Waals surface area contributed by atoms with Crippen LogP contribution in [0.2, 0.25) is 0 Å². The molecule has 0 N–H and O–H groups in total. The van der Waals surface area contributed by atoms with Gasteiger partial charge in [0.1, 0.15) is 11.2 Å². The number of rotatable bonds is 3. The maximum absolute atomic E-state index is 8.74. The molecule has 10 aromatic carbocycles. The second-order valence-corrected chi connectivity index (χ2v) is 12.8. The lowest BCUT2D eigenvalue weighted by Gasteiger charge is -2.17. The molecule has 1 heterocycles. The maximum Gasteiger partial charge on any atom is 0.143 e. The molecule has 1 heteroatoms. The molecule has 0 aliphatic heterocycles. The molecule has 1 aromatic heterocycles. The van der Waals surface area contributed by atoms with Crippen LogP contribution in [0.5, 0.6) is 0 Å². The first kappa shape index (κ1) is 22.2. The van der Waals surface area contributed by atoms with Crippen LogP contribution in [-0.4, -0.2) is 0 Å². The van der Waals surface area contributed by atoms with Crippen molar-refractivity contribution in [3.05, 3.63) is 170 Å². The second-order valence-electron chi connectivity index (χ2n) is 12.8. The molecule has 0 saturated heterocycles. The molecule has 0 aliphatic carbocycles.